The predicted molar refractivity (Wildman–Crippen MR) is 81.8 cm³/mol. The highest BCUT2D eigenvalue weighted by Crippen LogP contribution is 2.27. The third-order valence-electron chi connectivity index (χ3n) is 3.07. The van der Waals surface area contributed by atoms with E-state index in [0.717, 1.165) is 26.5 Å². The number of aromatic nitrogens is 2. The lowest BCUT2D eigenvalue weighted by atomic mass is 10.1. The van der Waals surface area contributed by atoms with Crippen LogP contribution in [0.1, 0.15) is 5.56 Å². The third kappa shape index (κ3) is 2.19. The number of nitrogens with zero attached hydrogens (tertiary/aromatic N) is 2. The average Bonchev–Trinajstić information content (AvgIpc) is 2.40. The number of nitrogen functional groups attached to an aromatic ring is 1. The fourth-order valence-corrected chi connectivity index (χ4v) is 2.43. The van der Waals surface area contributed by atoms with Gasteiger partial charge in [-0.1, -0.05) is 40.2 Å². The first-order valence-electron chi connectivity index (χ1n) is 5.94. The molecule has 0 bridgehead atoms. The van der Waals surface area contributed by atoms with Crippen molar-refractivity contribution in [2.24, 2.45) is 0 Å². The van der Waals surface area contributed by atoms with Crippen LogP contribution in [-0.2, 0) is 0 Å². The number of benzene rings is 2. The Morgan fingerprint density at radius 1 is 1.05 bits per heavy atom. The maximum atomic E-state index is 6.04. The van der Waals surface area contributed by atoms with Crippen molar-refractivity contribution in [2.45, 2.75) is 6.92 Å². The van der Waals surface area contributed by atoms with Crippen LogP contribution in [0.4, 0.5) is 5.82 Å². The fraction of sp³-hybridized carbons (Fsp3) is 0.0667. The van der Waals surface area contributed by atoms with Crippen LogP contribution in [0.3, 0.4) is 0 Å². The molecular formula is C15H12BrN3. The van der Waals surface area contributed by atoms with Gasteiger partial charge in [-0.25, -0.2) is 9.97 Å². The number of anilines is 1. The van der Waals surface area contributed by atoms with E-state index in [0.29, 0.717) is 11.6 Å². The predicted octanol–water partition coefficient (Wildman–Crippen LogP) is 3.95. The normalized spacial score (nSPS) is 10.8. The minimum Gasteiger partial charge on any atom is -0.383 e. The van der Waals surface area contributed by atoms with Crippen molar-refractivity contribution in [1.29, 1.82) is 0 Å². The molecule has 0 unspecified atom stereocenters. The zero-order valence-electron chi connectivity index (χ0n) is 10.4. The van der Waals surface area contributed by atoms with Crippen LogP contribution in [-0.4, -0.2) is 9.97 Å². The Morgan fingerprint density at radius 2 is 1.84 bits per heavy atom. The molecule has 2 N–H and O–H groups in total. The van der Waals surface area contributed by atoms with E-state index in [9.17, 15) is 0 Å². The van der Waals surface area contributed by atoms with E-state index in [1.165, 1.54) is 0 Å². The maximum absolute atomic E-state index is 6.04. The van der Waals surface area contributed by atoms with Gasteiger partial charge in [0.05, 0.1) is 5.52 Å². The van der Waals surface area contributed by atoms with Crippen molar-refractivity contribution in [3.05, 3.63) is 52.5 Å². The Morgan fingerprint density at radius 3 is 2.63 bits per heavy atom. The molecule has 19 heavy (non-hydrogen) atoms. The highest BCUT2D eigenvalue weighted by atomic mass is 79.9. The first-order chi connectivity index (χ1) is 9.15. The molecule has 1 heterocycles. The van der Waals surface area contributed by atoms with Crippen molar-refractivity contribution in [3.8, 4) is 11.4 Å². The van der Waals surface area contributed by atoms with Crippen LogP contribution in [0.15, 0.2) is 46.9 Å². The number of halogens is 1. The topological polar surface area (TPSA) is 51.8 Å². The summed E-state index contributed by atoms with van der Waals surface area (Å²) >= 11 is 3.43. The van der Waals surface area contributed by atoms with Gasteiger partial charge in [-0.3, -0.25) is 0 Å². The summed E-state index contributed by atoms with van der Waals surface area (Å²) in [7, 11) is 0. The lowest BCUT2D eigenvalue weighted by molar-refractivity contribution is 1.22. The Bertz CT molecular complexity index is 768. The summed E-state index contributed by atoms with van der Waals surface area (Å²) in [6, 6.07) is 13.9. The first-order valence-corrected chi connectivity index (χ1v) is 6.73. The molecule has 0 radical (unpaired) electrons. The van der Waals surface area contributed by atoms with Crippen LogP contribution in [0.5, 0.6) is 0 Å². The zero-order valence-corrected chi connectivity index (χ0v) is 12.0. The Hall–Kier alpha value is -1.94. The van der Waals surface area contributed by atoms with Crippen LogP contribution < -0.4 is 5.73 Å². The van der Waals surface area contributed by atoms with Crippen molar-refractivity contribution < 1.29 is 0 Å². The summed E-state index contributed by atoms with van der Waals surface area (Å²) in [5.74, 6) is 1.18. The Kier molecular flexibility index (Phi) is 2.95. The van der Waals surface area contributed by atoms with Gasteiger partial charge in [0, 0.05) is 15.4 Å². The molecule has 0 spiro atoms. The summed E-state index contributed by atoms with van der Waals surface area (Å²) < 4.78 is 0.971. The number of nitrogens with two attached hydrogens (primary N) is 1. The van der Waals surface area contributed by atoms with Crippen LogP contribution in [0.25, 0.3) is 22.3 Å². The standard InChI is InChI=1S/C15H12BrN3/c1-9-4-2-3-5-11(9)15-18-13-7-6-10(16)8-12(13)14(17)19-15/h2-8H,1H3,(H2,17,18,19). The zero-order chi connectivity index (χ0) is 13.4. The van der Waals surface area contributed by atoms with Crippen molar-refractivity contribution in [3.63, 3.8) is 0 Å². The molecule has 0 saturated heterocycles. The molecule has 1 aromatic heterocycles. The lowest BCUT2D eigenvalue weighted by Gasteiger charge is -2.08. The van der Waals surface area contributed by atoms with Gasteiger partial charge < -0.3 is 5.73 Å². The van der Waals surface area contributed by atoms with Crippen LogP contribution >= 0.6 is 15.9 Å². The number of hydrogen-bond donors (Lipinski definition) is 1. The monoisotopic (exact) mass is 313 g/mol. The largest absolute Gasteiger partial charge is 0.383 e. The molecule has 2 aromatic carbocycles. The Labute approximate surface area is 119 Å². The highest BCUT2D eigenvalue weighted by Gasteiger charge is 2.09. The second-order valence-electron chi connectivity index (χ2n) is 4.41. The maximum Gasteiger partial charge on any atom is 0.162 e. The molecule has 0 aliphatic carbocycles. The summed E-state index contributed by atoms with van der Waals surface area (Å²) in [4.78, 5) is 9.02. The summed E-state index contributed by atoms with van der Waals surface area (Å²) in [6.07, 6.45) is 0. The molecule has 4 heteroatoms. The smallest absolute Gasteiger partial charge is 0.162 e. The van der Waals surface area contributed by atoms with Crippen molar-refractivity contribution in [2.75, 3.05) is 5.73 Å². The SMILES string of the molecule is Cc1ccccc1-c1nc(N)c2cc(Br)ccc2n1. The Balaban J connectivity index is 2.27. The molecule has 0 fully saturated rings. The second-order valence-corrected chi connectivity index (χ2v) is 5.32. The van der Waals surface area contributed by atoms with Gasteiger partial charge in [0.25, 0.3) is 0 Å². The van der Waals surface area contributed by atoms with E-state index in [2.05, 4.69) is 25.9 Å². The number of aryl methyl sites for hydroxylation is 1. The lowest BCUT2D eigenvalue weighted by Crippen LogP contribution is -1.98. The van der Waals surface area contributed by atoms with Gasteiger partial charge in [-0.15, -0.1) is 0 Å². The van der Waals surface area contributed by atoms with Gasteiger partial charge in [-0.2, -0.15) is 0 Å². The van der Waals surface area contributed by atoms with Crippen LogP contribution in [0.2, 0.25) is 0 Å². The molecule has 0 amide bonds. The first kappa shape index (κ1) is 12.1. The van der Waals surface area contributed by atoms with E-state index >= 15 is 0 Å². The minimum absolute atomic E-state index is 0.504. The molecule has 94 valence electrons. The van der Waals surface area contributed by atoms with E-state index in [1.807, 2.05) is 49.4 Å². The molecule has 0 aliphatic heterocycles. The molecule has 3 nitrogen and oxygen atoms in total. The van der Waals surface area contributed by atoms with Crippen LogP contribution in [0, 0.1) is 6.92 Å². The highest BCUT2D eigenvalue weighted by molar-refractivity contribution is 9.10. The number of rotatable bonds is 1. The van der Waals surface area contributed by atoms with E-state index in [1.54, 1.807) is 0 Å². The second kappa shape index (κ2) is 4.63. The molecule has 3 aromatic rings. The van der Waals surface area contributed by atoms with Crippen molar-refractivity contribution >= 4 is 32.7 Å². The van der Waals surface area contributed by atoms with E-state index in [4.69, 9.17) is 5.73 Å². The summed E-state index contributed by atoms with van der Waals surface area (Å²) in [6.45, 7) is 2.04. The molecule has 0 atom stereocenters. The average molecular weight is 314 g/mol. The molecule has 3 rings (SSSR count). The van der Waals surface area contributed by atoms with Gasteiger partial charge >= 0.3 is 0 Å². The van der Waals surface area contributed by atoms with Gasteiger partial charge in [-0.05, 0) is 30.7 Å². The molecular weight excluding hydrogens is 302 g/mol. The summed E-state index contributed by atoms with van der Waals surface area (Å²) in [5.41, 5.74) is 9.05. The number of fused-ring (bicyclic) bond motifs is 1. The number of hydrogen-bond acceptors (Lipinski definition) is 3. The van der Waals surface area contributed by atoms with E-state index < -0.39 is 0 Å². The van der Waals surface area contributed by atoms with Crippen molar-refractivity contribution in [1.82, 2.24) is 9.97 Å². The minimum atomic E-state index is 0.504. The van der Waals surface area contributed by atoms with Gasteiger partial charge in [0.15, 0.2) is 5.82 Å². The quantitative estimate of drug-likeness (QED) is 0.740. The van der Waals surface area contributed by atoms with Gasteiger partial charge in [0.1, 0.15) is 5.82 Å². The molecule has 0 saturated carbocycles. The van der Waals surface area contributed by atoms with E-state index in [-0.39, 0.29) is 0 Å². The summed E-state index contributed by atoms with van der Waals surface area (Å²) in [5, 5.41) is 0.867. The third-order valence-corrected chi connectivity index (χ3v) is 3.57. The molecule has 0 aliphatic rings. The van der Waals surface area contributed by atoms with Gasteiger partial charge in [0.2, 0.25) is 0 Å². The fourth-order valence-electron chi connectivity index (χ4n) is 2.07.